The van der Waals surface area contributed by atoms with Crippen LogP contribution in [0.5, 0.6) is 23.0 Å². The molecule has 0 atom stereocenters. The van der Waals surface area contributed by atoms with E-state index in [1.165, 1.54) is 0 Å². The predicted octanol–water partition coefficient (Wildman–Crippen LogP) is 7.76. The van der Waals surface area contributed by atoms with E-state index in [9.17, 15) is 0 Å². The molecule has 4 aromatic carbocycles. The fourth-order valence-corrected chi connectivity index (χ4v) is 3.73. The number of hydrogen-bond donors (Lipinski definition) is 0. The minimum absolute atomic E-state index is 0.0208. The van der Waals surface area contributed by atoms with Crippen LogP contribution in [0.2, 0.25) is 10.0 Å². The Morgan fingerprint density at radius 1 is 0.545 bits per heavy atom. The number of halogens is 2. The monoisotopic (exact) mass is 480 g/mol. The minimum Gasteiger partial charge on any atom is -0.497 e. The summed E-state index contributed by atoms with van der Waals surface area (Å²) >= 11 is 12.5. The van der Waals surface area contributed by atoms with Gasteiger partial charge in [0.2, 0.25) is 6.79 Å². The van der Waals surface area contributed by atoms with Gasteiger partial charge in [0, 0.05) is 21.2 Å². The largest absolute Gasteiger partial charge is 0.497 e. The Hall–Kier alpha value is -3.34. The summed E-state index contributed by atoms with van der Waals surface area (Å²) in [6.07, 6.45) is 0. The molecule has 0 fully saturated rings. The summed E-state index contributed by atoms with van der Waals surface area (Å²) in [5, 5.41) is 1.15. The van der Waals surface area contributed by atoms with E-state index in [4.69, 9.17) is 42.1 Å². The van der Waals surface area contributed by atoms with Gasteiger partial charge < -0.3 is 18.9 Å². The topological polar surface area (TPSA) is 36.9 Å². The van der Waals surface area contributed by atoms with Gasteiger partial charge in [0.1, 0.15) is 23.0 Å². The van der Waals surface area contributed by atoms with E-state index in [-0.39, 0.29) is 6.79 Å². The van der Waals surface area contributed by atoms with E-state index in [0.717, 1.165) is 33.8 Å². The molecule has 0 heterocycles. The zero-order valence-corrected chi connectivity index (χ0v) is 19.7. The summed E-state index contributed by atoms with van der Waals surface area (Å²) in [5.74, 6) is 2.79. The average Bonchev–Trinajstić information content (AvgIpc) is 2.84. The number of ether oxygens (including phenoxy) is 4. The molecule has 0 bridgehead atoms. The predicted molar refractivity (Wildman–Crippen MR) is 133 cm³/mol. The standard InChI is InChI=1S/C27H22Cl2O4/c1-30-22-9-3-18(4-10-22)24-13-7-20(28)15-26(24)32-17-33-27-16-21(29)8-14-25(27)19-5-11-23(31-2)12-6-19/h3-16H,17H2,1-2H3. The third-order valence-corrected chi connectivity index (χ3v) is 5.59. The number of rotatable bonds is 8. The van der Waals surface area contributed by atoms with Gasteiger partial charge in [-0.05, 0) is 71.8 Å². The van der Waals surface area contributed by atoms with Gasteiger partial charge in [-0.3, -0.25) is 0 Å². The zero-order chi connectivity index (χ0) is 23.2. The highest BCUT2D eigenvalue weighted by molar-refractivity contribution is 6.31. The summed E-state index contributed by atoms with van der Waals surface area (Å²) in [5.41, 5.74) is 3.74. The third kappa shape index (κ3) is 5.54. The molecule has 33 heavy (non-hydrogen) atoms. The Labute approximate surface area is 203 Å². The molecule has 4 rings (SSSR count). The Kier molecular flexibility index (Phi) is 7.28. The maximum atomic E-state index is 6.23. The maximum Gasteiger partial charge on any atom is 0.230 e. The van der Waals surface area contributed by atoms with Crippen molar-refractivity contribution in [1.82, 2.24) is 0 Å². The molecule has 0 saturated heterocycles. The van der Waals surface area contributed by atoms with Crippen LogP contribution >= 0.6 is 23.2 Å². The molecular formula is C27H22Cl2O4. The first-order valence-electron chi connectivity index (χ1n) is 10.2. The van der Waals surface area contributed by atoms with Crippen LogP contribution in [0.25, 0.3) is 22.3 Å². The molecule has 0 unspecified atom stereocenters. The number of benzene rings is 4. The van der Waals surface area contributed by atoms with E-state index >= 15 is 0 Å². The zero-order valence-electron chi connectivity index (χ0n) is 18.2. The van der Waals surface area contributed by atoms with Crippen molar-refractivity contribution >= 4 is 23.2 Å². The van der Waals surface area contributed by atoms with Gasteiger partial charge >= 0.3 is 0 Å². The van der Waals surface area contributed by atoms with Crippen LogP contribution in [-0.4, -0.2) is 21.0 Å². The van der Waals surface area contributed by atoms with Crippen molar-refractivity contribution in [2.24, 2.45) is 0 Å². The molecular weight excluding hydrogens is 459 g/mol. The van der Waals surface area contributed by atoms with Crippen LogP contribution in [-0.2, 0) is 0 Å². The molecule has 4 aromatic rings. The molecule has 6 heteroatoms. The molecule has 0 aliphatic rings. The first-order chi connectivity index (χ1) is 16.1. The van der Waals surface area contributed by atoms with Crippen molar-refractivity contribution in [2.75, 3.05) is 21.0 Å². The van der Waals surface area contributed by atoms with Crippen molar-refractivity contribution in [3.8, 4) is 45.3 Å². The first kappa shape index (κ1) is 22.8. The van der Waals surface area contributed by atoms with E-state index in [1.807, 2.05) is 72.8 Å². The molecule has 0 N–H and O–H groups in total. The van der Waals surface area contributed by atoms with Gasteiger partial charge in [-0.1, -0.05) is 47.5 Å². The van der Waals surface area contributed by atoms with Crippen LogP contribution in [0.3, 0.4) is 0 Å². The SMILES string of the molecule is COc1ccc(-c2ccc(Cl)cc2OCOc2cc(Cl)ccc2-c2ccc(OC)cc2)cc1. The summed E-state index contributed by atoms with van der Waals surface area (Å²) in [6, 6.07) is 26.5. The summed E-state index contributed by atoms with van der Waals surface area (Å²) in [6.45, 7) is -0.0208. The molecule has 0 saturated carbocycles. The van der Waals surface area contributed by atoms with Gasteiger partial charge in [-0.2, -0.15) is 0 Å². The van der Waals surface area contributed by atoms with Crippen LogP contribution in [0, 0.1) is 0 Å². The Balaban J connectivity index is 1.55. The third-order valence-electron chi connectivity index (χ3n) is 5.12. The fraction of sp³-hybridized carbons (Fsp3) is 0.111. The highest BCUT2D eigenvalue weighted by Crippen LogP contribution is 2.36. The average molecular weight is 481 g/mol. The van der Waals surface area contributed by atoms with E-state index in [2.05, 4.69) is 0 Å². The second-order valence-corrected chi connectivity index (χ2v) is 8.02. The minimum atomic E-state index is -0.0208. The summed E-state index contributed by atoms with van der Waals surface area (Å²) in [4.78, 5) is 0. The highest BCUT2D eigenvalue weighted by atomic mass is 35.5. The van der Waals surface area contributed by atoms with Crippen LogP contribution in [0.4, 0.5) is 0 Å². The van der Waals surface area contributed by atoms with Crippen molar-refractivity contribution in [1.29, 1.82) is 0 Å². The lowest BCUT2D eigenvalue weighted by molar-refractivity contribution is 0.121. The Morgan fingerprint density at radius 3 is 1.30 bits per heavy atom. The highest BCUT2D eigenvalue weighted by Gasteiger charge is 2.11. The number of hydrogen-bond acceptors (Lipinski definition) is 4. The van der Waals surface area contributed by atoms with E-state index < -0.39 is 0 Å². The summed E-state index contributed by atoms with van der Waals surface area (Å²) in [7, 11) is 3.28. The van der Waals surface area contributed by atoms with Gasteiger partial charge in [0.15, 0.2) is 0 Å². The quantitative estimate of drug-likeness (QED) is 0.241. The van der Waals surface area contributed by atoms with Crippen molar-refractivity contribution in [3.05, 3.63) is 95.0 Å². The smallest absolute Gasteiger partial charge is 0.230 e. The lowest BCUT2D eigenvalue weighted by Crippen LogP contribution is -2.07. The lowest BCUT2D eigenvalue weighted by atomic mass is 10.0. The first-order valence-corrected chi connectivity index (χ1v) is 11.0. The van der Waals surface area contributed by atoms with Crippen LogP contribution in [0.1, 0.15) is 0 Å². The van der Waals surface area contributed by atoms with Crippen molar-refractivity contribution < 1.29 is 18.9 Å². The summed E-state index contributed by atoms with van der Waals surface area (Å²) < 4.78 is 22.5. The second kappa shape index (κ2) is 10.5. The van der Waals surface area contributed by atoms with E-state index in [0.29, 0.717) is 21.5 Å². The van der Waals surface area contributed by atoms with E-state index in [1.54, 1.807) is 26.4 Å². The molecule has 4 nitrogen and oxygen atoms in total. The van der Waals surface area contributed by atoms with Gasteiger partial charge in [-0.25, -0.2) is 0 Å². The maximum absolute atomic E-state index is 6.23. The fourth-order valence-electron chi connectivity index (χ4n) is 3.41. The van der Waals surface area contributed by atoms with Gasteiger partial charge in [0.25, 0.3) is 0 Å². The number of methoxy groups -OCH3 is 2. The van der Waals surface area contributed by atoms with Gasteiger partial charge in [0.05, 0.1) is 14.2 Å². The molecule has 0 aliphatic carbocycles. The molecule has 0 amide bonds. The Morgan fingerprint density at radius 2 is 0.939 bits per heavy atom. The van der Waals surface area contributed by atoms with Crippen molar-refractivity contribution in [3.63, 3.8) is 0 Å². The molecule has 0 spiro atoms. The molecule has 0 aromatic heterocycles. The second-order valence-electron chi connectivity index (χ2n) is 7.14. The van der Waals surface area contributed by atoms with Crippen LogP contribution in [0.15, 0.2) is 84.9 Å². The molecule has 0 radical (unpaired) electrons. The van der Waals surface area contributed by atoms with Gasteiger partial charge in [-0.15, -0.1) is 0 Å². The Bertz CT molecular complexity index is 1130. The molecule has 168 valence electrons. The lowest BCUT2D eigenvalue weighted by Gasteiger charge is -2.16. The van der Waals surface area contributed by atoms with Crippen molar-refractivity contribution in [2.45, 2.75) is 0 Å². The normalized spacial score (nSPS) is 10.5. The van der Waals surface area contributed by atoms with Crippen LogP contribution < -0.4 is 18.9 Å². The molecule has 0 aliphatic heterocycles.